The van der Waals surface area contributed by atoms with Gasteiger partial charge in [-0.05, 0) is 43.5 Å². The molecule has 20 heavy (non-hydrogen) atoms. The molecule has 0 saturated heterocycles. The summed E-state index contributed by atoms with van der Waals surface area (Å²) in [6.45, 7) is 6.87. The fourth-order valence-corrected chi connectivity index (χ4v) is 2.24. The van der Waals surface area contributed by atoms with E-state index in [1.807, 2.05) is 12.1 Å². The summed E-state index contributed by atoms with van der Waals surface area (Å²) in [7, 11) is 1.64. The molecule has 0 bridgehead atoms. The lowest BCUT2D eigenvalue weighted by molar-refractivity contribution is 0.124. The average molecular weight is 300 g/mol. The maximum absolute atomic E-state index is 6.08. The Kier molecular flexibility index (Phi) is 8.67. The van der Waals surface area contributed by atoms with E-state index in [1.165, 1.54) is 5.56 Å². The highest BCUT2D eigenvalue weighted by Crippen LogP contribution is 2.28. The van der Waals surface area contributed by atoms with Gasteiger partial charge in [-0.2, -0.15) is 0 Å². The van der Waals surface area contributed by atoms with Gasteiger partial charge >= 0.3 is 0 Å². The summed E-state index contributed by atoms with van der Waals surface area (Å²) < 4.78 is 10.9. The zero-order chi connectivity index (χ0) is 14.8. The quantitative estimate of drug-likeness (QED) is 0.657. The summed E-state index contributed by atoms with van der Waals surface area (Å²) in [4.78, 5) is 0. The monoisotopic (exact) mass is 299 g/mol. The number of benzene rings is 1. The Morgan fingerprint density at radius 3 is 2.65 bits per heavy atom. The van der Waals surface area contributed by atoms with Gasteiger partial charge in [0.05, 0.1) is 12.1 Å². The molecule has 1 aromatic carbocycles. The first-order valence-corrected chi connectivity index (χ1v) is 7.75. The van der Waals surface area contributed by atoms with Crippen molar-refractivity contribution >= 4 is 11.6 Å². The molecular formula is C16H26ClNO2. The van der Waals surface area contributed by atoms with E-state index in [4.69, 9.17) is 21.1 Å². The van der Waals surface area contributed by atoms with Crippen LogP contribution in [0.2, 0.25) is 5.02 Å². The van der Waals surface area contributed by atoms with E-state index < -0.39 is 0 Å². The summed E-state index contributed by atoms with van der Waals surface area (Å²) in [5, 5.41) is 4.20. The number of rotatable bonds is 10. The summed E-state index contributed by atoms with van der Waals surface area (Å²) >= 11 is 6.08. The Bertz CT molecular complexity index is 385. The molecule has 1 N–H and O–H groups in total. The first-order chi connectivity index (χ1) is 9.72. The van der Waals surface area contributed by atoms with E-state index >= 15 is 0 Å². The maximum Gasteiger partial charge on any atom is 0.137 e. The third-order valence-corrected chi connectivity index (χ3v) is 3.43. The van der Waals surface area contributed by atoms with E-state index in [0.717, 1.165) is 44.8 Å². The highest BCUT2D eigenvalue weighted by Gasteiger charge is 2.13. The molecule has 1 atom stereocenters. The van der Waals surface area contributed by atoms with Crippen LogP contribution in [-0.2, 0) is 4.74 Å². The highest BCUT2D eigenvalue weighted by atomic mass is 35.5. The van der Waals surface area contributed by atoms with Crippen molar-refractivity contribution in [1.29, 1.82) is 0 Å². The van der Waals surface area contributed by atoms with Gasteiger partial charge in [0.2, 0.25) is 0 Å². The van der Waals surface area contributed by atoms with Gasteiger partial charge in [0, 0.05) is 19.3 Å². The summed E-state index contributed by atoms with van der Waals surface area (Å²) in [6.07, 6.45) is 3.11. The van der Waals surface area contributed by atoms with Gasteiger partial charge in [0.1, 0.15) is 5.75 Å². The molecule has 0 aromatic heterocycles. The lowest BCUT2D eigenvalue weighted by Crippen LogP contribution is -2.23. The Hall–Kier alpha value is -0.770. The van der Waals surface area contributed by atoms with Gasteiger partial charge in [-0.3, -0.25) is 0 Å². The van der Waals surface area contributed by atoms with Crippen molar-refractivity contribution in [3.8, 4) is 5.75 Å². The molecule has 0 heterocycles. The van der Waals surface area contributed by atoms with Gasteiger partial charge in [0.25, 0.3) is 0 Å². The third kappa shape index (κ3) is 5.70. The molecule has 1 aromatic rings. The van der Waals surface area contributed by atoms with Crippen molar-refractivity contribution in [2.75, 3.05) is 26.9 Å². The standard InChI is InChI=1S/C16H26ClNO2/c1-4-9-18-15(8-11-20-10-5-2)13-6-7-14(17)16(12-13)19-3/h6-7,12,15,18H,4-5,8-11H2,1-3H3. The second-order valence-electron chi connectivity index (χ2n) is 4.80. The Morgan fingerprint density at radius 1 is 1.20 bits per heavy atom. The zero-order valence-corrected chi connectivity index (χ0v) is 13.5. The summed E-state index contributed by atoms with van der Waals surface area (Å²) in [5.41, 5.74) is 1.19. The van der Waals surface area contributed by atoms with E-state index in [9.17, 15) is 0 Å². The molecule has 0 amide bonds. The topological polar surface area (TPSA) is 30.5 Å². The predicted molar refractivity (Wildman–Crippen MR) is 84.8 cm³/mol. The minimum Gasteiger partial charge on any atom is -0.495 e. The second-order valence-corrected chi connectivity index (χ2v) is 5.21. The van der Waals surface area contributed by atoms with Gasteiger partial charge in [-0.25, -0.2) is 0 Å². The van der Waals surface area contributed by atoms with Gasteiger partial charge < -0.3 is 14.8 Å². The lowest BCUT2D eigenvalue weighted by atomic mass is 10.0. The molecule has 0 saturated carbocycles. The lowest BCUT2D eigenvalue weighted by Gasteiger charge is -2.20. The molecule has 0 aliphatic rings. The fourth-order valence-electron chi connectivity index (χ4n) is 2.05. The second kappa shape index (κ2) is 10.0. The molecule has 0 aliphatic heterocycles. The smallest absolute Gasteiger partial charge is 0.137 e. The SMILES string of the molecule is CCCNC(CCOCCC)c1ccc(Cl)c(OC)c1. The van der Waals surface area contributed by atoms with Crippen molar-refractivity contribution < 1.29 is 9.47 Å². The van der Waals surface area contributed by atoms with Gasteiger partial charge in [0.15, 0.2) is 0 Å². The Labute approximate surface area is 127 Å². The van der Waals surface area contributed by atoms with Crippen molar-refractivity contribution in [2.45, 2.75) is 39.2 Å². The van der Waals surface area contributed by atoms with E-state index in [0.29, 0.717) is 5.02 Å². The number of halogens is 1. The molecule has 0 aliphatic carbocycles. The van der Waals surface area contributed by atoms with Crippen molar-refractivity contribution in [3.63, 3.8) is 0 Å². The van der Waals surface area contributed by atoms with Crippen LogP contribution < -0.4 is 10.1 Å². The maximum atomic E-state index is 6.08. The predicted octanol–water partition coefficient (Wildman–Crippen LogP) is 4.21. The molecule has 1 unspecified atom stereocenters. The van der Waals surface area contributed by atoms with Crippen LogP contribution in [0, 0.1) is 0 Å². The van der Waals surface area contributed by atoms with Gasteiger partial charge in [-0.15, -0.1) is 0 Å². The van der Waals surface area contributed by atoms with Crippen LogP contribution in [0.1, 0.15) is 44.7 Å². The highest BCUT2D eigenvalue weighted by molar-refractivity contribution is 6.32. The number of ether oxygens (including phenoxy) is 2. The first-order valence-electron chi connectivity index (χ1n) is 7.37. The first kappa shape index (κ1) is 17.3. The Morgan fingerprint density at radius 2 is 2.00 bits per heavy atom. The van der Waals surface area contributed by atoms with Crippen molar-refractivity contribution in [2.24, 2.45) is 0 Å². The molecule has 3 nitrogen and oxygen atoms in total. The number of hydrogen-bond donors (Lipinski definition) is 1. The molecule has 114 valence electrons. The minimum absolute atomic E-state index is 0.276. The largest absolute Gasteiger partial charge is 0.495 e. The molecule has 0 radical (unpaired) electrons. The van der Waals surface area contributed by atoms with Crippen LogP contribution >= 0.6 is 11.6 Å². The number of nitrogens with one attached hydrogen (secondary N) is 1. The molecular weight excluding hydrogens is 274 g/mol. The van der Waals surface area contributed by atoms with E-state index in [2.05, 4.69) is 25.2 Å². The molecule has 0 spiro atoms. The van der Waals surface area contributed by atoms with Crippen LogP contribution in [0.4, 0.5) is 0 Å². The number of hydrogen-bond acceptors (Lipinski definition) is 3. The zero-order valence-electron chi connectivity index (χ0n) is 12.7. The molecule has 0 fully saturated rings. The normalized spacial score (nSPS) is 12.4. The third-order valence-electron chi connectivity index (χ3n) is 3.12. The van der Waals surface area contributed by atoms with Crippen molar-refractivity contribution in [3.05, 3.63) is 28.8 Å². The van der Waals surface area contributed by atoms with Crippen molar-refractivity contribution in [1.82, 2.24) is 5.32 Å². The average Bonchev–Trinajstić information content (AvgIpc) is 2.47. The van der Waals surface area contributed by atoms with Crippen LogP contribution in [0.3, 0.4) is 0 Å². The minimum atomic E-state index is 0.276. The van der Waals surface area contributed by atoms with Gasteiger partial charge in [-0.1, -0.05) is 31.5 Å². The molecule has 1 rings (SSSR count). The van der Waals surface area contributed by atoms with E-state index in [-0.39, 0.29) is 6.04 Å². The molecule has 4 heteroatoms. The van der Waals surface area contributed by atoms with Crippen LogP contribution in [-0.4, -0.2) is 26.9 Å². The summed E-state index contributed by atoms with van der Waals surface area (Å²) in [5.74, 6) is 0.724. The van der Waals surface area contributed by atoms with Crippen LogP contribution in [0.15, 0.2) is 18.2 Å². The number of methoxy groups -OCH3 is 1. The van der Waals surface area contributed by atoms with Crippen LogP contribution in [0.5, 0.6) is 5.75 Å². The fraction of sp³-hybridized carbons (Fsp3) is 0.625. The van der Waals surface area contributed by atoms with Crippen LogP contribution in [0.25, 0.3) is 0 Å². The Balaban J connectivity index is 2.70. The summed E-state index contributed by atoms with van der Waals surface area (Å²) in [6, 6.07) is 6.23. The van der Waals surface area contributed by atoms with E-state index in [1.54, 1.807) is 7.11 Å².